The molecule has 4 unspecified atom stereocenters. The van der Waals surface area contributed by atoms with Gasteiger partial charge in [-0.3, -0.25) is 0 Å². The highest BCUT2D eigenvalue weighted by atomic mass is 16.6. The fourth-order valence-corrected chi connectivity index (χ4v) is 13.5. The van der Waals surface area contributed by atoms with E-state index in [-0.39, 0.29) is 43.3 Å². The van der Waals surface area contributed by atoms with E-state index < -0.39 is 0 Å². The van der Waals surface area contributed by atoms with Gasteiger partial charge in [-0.05, 0) is 137 Å². The molecule has 4 heteroatoms. The van der Waals surface area contributed by atoms with Gasteiger partial charge in [0.2, 0.25) is 0 Å². The van der Waals surface area contributed by atoms with Gasteiger partial charge in [-0.25, -0.2) is 0 Å². The van der Waals surface area contributed by atoms with Crippen molar-refractivity contribution in [2.45, 2.75) is 283 Å². The number of unbranched alkanes of at least 4 members (excludes halogenated alkanes) is 2. The molecule has 4 rings (SSSR count). The zero-order valence-electron chi connectivity index (χ0n) is 49.7. The molecule has 0 saturated carbocycles. The van der Waals surface area contributed by atoms with Crippen molar-refractivity contribution in [1.29, 1.82) is 0 Å². The summed E-state index contributed by atoms with van der Waals surface area (Å²) in [5.41, 5.74) is 8.39. The quantitative estimate of drug-likeness (QED) is 0.0630. The van der Waals surface area contributed by atoms with Gasteiger partial charge in [0.1, 0.15) is 11.5 Å². The van der Waals surface area contributed by atoms with E-state index in [4.69, 9.17) is 18.9 Å². The fourth-order valence-electron chi connectivity index (χ4n) is 13.5. The van der Waals surface area contributed by atoms with Crippen LogP contribution in [-0.2, 0) is 37.6 Å². The third-order valence-corrected chi connectivity index (χ3v) is 15.1. The Hall–Kier alpha value is -2.04. The van der Waals surface area contributed by atoms with Gasteiger partial charge < -0.3 is 18.9 Å². The lowest BCUT2D eigenvalue weighted by atomic mass is 9.67. The van der Waals surface area contributed by atoms with Crippen molar-refractivity contribution in [3.05, 3.63) is 57.6 Å². The molecule has 4 nitrogen and oxygen atoms in total. The topological polar surface area (TPSA) is 43.5 Å². The second-order valence-corrected chi connectivity index (χ2v) is 30.2. The van der Waals surface area contributed by atoms with Crippen LogP contribution in [-0.4, -0.2) is 38.6 Å². The standard InChI is InChI=1S/C65H112O4/c1-23-25-29-48(54-40-68-54)31-27-33-66-56-50(62(15,16)42-58(3,4)5)36-46(37-51(56)63(17,18)43-59(6,7)8)35-47-38-52(64(19,20)44-60(9,10)11)57(53(39-47)65(21,22)45-61(12,13)14)67-34-28-32-49(30-26-24-2)55-41-69-55/h36-39,48-49,54-55H,23-35,40-45H2,1-22H3. The molecule has 0 bridgehead atoms. The van der Waals surface area contributed by atoms with Gasteiger partial charge in [0.25, 0.3) is 0 Å². The van der Waals surface area contributed by atoms with Crippen LogP contribution in [0.4, 0.5) is 0 Å². The molecule has 2 aromatic carbocycles. The Morgan fingerprint density at radius 3 is 0.884 bits per heavy atom. The third kappa shape index (κ3) is 19.4. The predicted molar refractivity (Wildman–Crippen MR) is 299 cm³/mol. The van der Waals surface area contributed by atoms with Crippen molar-refractivity contribution in [3.8, 4) is 11.5 Å². The summed E-state index contributed by atoms with van der Waals surface area (Å²) >= 11 is 0. The molecule has 2 saturated heterocycles. The molecule has 69 heavy (non-hydrogen) atoms. The van der Waals surface area contributed by atoms with Crippen LogP contribution < -0.4 is 9.47 Å². The summed E-state index contributed by atoms with van der Waals surface area (Å²) < 4.78 is 26.3. The van der Waals surface area contributed by atoms with Gasteiger partial charge in [0.05, 0.1) is 38.6 Å². The Labute approximate surface area is 428 Å². The molecule has 396 valence electrons. The highest BCUT2D eigenvalue weighted by Gasteiger charge is 2.40. The number of hydrogen-bond donors (Lipinski definition) is 0. The minimum absolute atomic E-state index is 0.111. The highest BCUT2D eigenvalue weighted by molar-refractivity contribution is 5.55. The molecule has 2 aliphatic heterocycles. The number of ether oxygens (including phenoxy) is 4. The summed E-state index contributed by atoms with van der Waals surface area (Å²) in [4.78, 5) is 0. The van der Waals surface area contributed by atoms with Gasteiger partial charge in [-0.1, -0.05) is 202 Å². The molecular weight excluding hydrogens is 845 g/mol. The maximum Gasteiger partial charge on any atom is 0.126 e. The third-order valence-electron chi connectivity index (χ3n) is 15.1. The molecular formula is C65H112O4. The lowest BCUT2D eigenvalue weighted by Gasteiger charge is -2.39. The minimum atomic E-state index is -0.111. The average Bonchev–Trinajstić information content (AvgIpc) is 4.09. The Bertz CT molecular complexity index is 1660. The predicted octanol–water partition coefficient (Wildman–Crippen LogP) is 18.9. The van der Waals surface area contributed by atoms with E-state index in [1.165, 1.54) is 84.7 Å². The number of hydrogen-bond acceptors (Lipinski definition) is 4. The molecule has 0 aromatic heterocycles. The van der Waals surface area contributed by atoms with Crippen molar-refractivity contribution < 1.29 is 18.9 Å². The average molecular weight is 958 g/mol. The first-order valence-electron chi connectivity index (χ1n) is 28.4. The number of rotatable bonds is 28. The highest BCUT2D eigenvalue weighted by Crippen LogP contribution is 2.51. The Kier molecular flexibility index (Phi) is 20.2. The van der Waals surface area contributed by atoms with Gasteiger partial charge in [-0.15, -0.1) is 0 Å². The van der Waals surface area contributed by atoms with Crippen LogP contribution >= 0.6 is 0 Å². The van der Waals surface area contributed by atoms with Crippen LogP contribution in [0.25, 0.3) is 0 Å². The zero-order chi connectivity index (χ0) is 52.0. The zero-order valence-corrected chi connectivity index (χ0v) is 49.7. The SMILES string of the molecule is CCCCC(CCCOc1c(C(C)(C)CC(C)(C)C)cc(Cc2cc(C(C)(C)CC(C)(C)C)c(OCCCC(CCCC)C3CO3)c(C(C)(C)CC(C)(C)C)c2)cc1C(C)(C)CC(C)(C)C)C1CO1. The second-order valence-electron chi connectivity index (χ2n) is 30.2. The van der Waals surface area contributed by atoms with Crippen LogP contribution in [0.15, 0.2) is 24.3 Å². The van der Waals surface area contributed by atoms with Crippen molar-refractivity contribution in [3.63, 3.8) is 0 Å². The van der Waals surface area contributed by atoms with Crippen LogP contribution in [0.1, 0.15) is 276 Å². The van der Waals surface area contributed by atoms with Crippen molar-refractivity contribution >= 4 is 0 Å². The van der Waals surface area contributed by atoms with Gasteiger partial charge in [0, 0.05) is 22.3 Å². The number of benzene rings is 2. The fraction of sp³-hybridized carbons (Fsp3) is 0.815. The Morgan fingerprint density at radius 2 is 0.667 bits per heavy atom. The smallest absolute Gasteiger partial charge is 0.126 e. The normalized spacial score (nSPS) is 18.3. The van der Waals surface area contributed by atoms with Crippen LogP contribution in [0.3, 0.4) is 0 Å². The Morgan fingerprint density at radius 1 is 0.420 bits per heavy atom. The van der Waals surface area contributed by atoms with E-state index >= 15 is 0 Å². The van der Waals surface area contributed by atoms with Gasteiger partial charge in [0.15, 0.2) is 0 Å². The van der Waals surface area contributed by atoms with Gasteiger partial charge in [-0.2, -0.15) is 0 Å². The Balaban J connectivity index is 1.93. The van der Waals surface area contributed by atoms with E-state index in [0.717, 1.165) is 82.9 Å². The van der Waals surface area contributed by atoms with Crippen molar-refractivity contribution in [2.24, 2.45) is 33.5 Å². The molecule has 4 atom stereocenters. The summed E-state index contributed by atoms with van der Waals surface area (Å²) in [7, 11) is 0. The lowest BCUT2D eigenvalue weighted by molar-refractivity contribution is 0.234. The molecule has 2 aromatic rings. The van der Waals surface area contributed by atoms with E-state index in [0.29, 0.717) is 24.0 Å². The molecule has 0 radical (unpaired) electrons. The first-order chi connectivity index (χ1) is 31.6. The molecule has 0 spiro atoms. The molecule has 0 amide bonds. The summed E-state index contributed by atoms with van der Waals surface area (Å²) in [5, 5.41) is 0. The number of epoxide rings is 2. The van der Waals surface area contributed by atoms with Crippen molar-refractivity contribution in [2.75, 3.05) is 26.4 Å². The van der Waals surface area contributed by atoms with E-state index in [1.54, 1.807) is 0 Å². The van der Waals surface area contributed by atoms with E-state index in [9.17, 15) is 0 Å². The molecule has 2 heterocycles. The van der Waals surface area contributed by atoms with Gasteiger partial charge >= 0.3 is 0 Å². The lowest BCUT2D eigenvalue weighted by Crippen LogP contribution is -2.30. The molecule has 0 aliphatic carbocycles. The monoisotopic (exact) mass is 957 g/mol. The minimum Gasteiger partial charge on any atom is -0.493 e. The molecule has 2 aliphatic rings. The maximum atomic E-state index is 7.30. The summed E-state index contributed by atoms with van der Waals surface area (Å²) in [6.07, 6.45) is 18.0. The van der Waals surface area contributed by atoms with Crippen molar-refractivity contribution in [1.82, 2.24) is 0 Å². The molecule has 0 N–H and O–H groups in total. The summed E-state index contributed by atoms with van der Waals surface area (Å²) in [6.45, 7) is 56.6. The van der Waals surface area contributed by atoms with E-state index in [2.05, 4.69) is 177 Å². The largest absolute Gasteiger partial charge is 0.493 e. The maximum absolute atomic E-state index is 7.30. The summed E-state index contributed by atoms with van der Waals surface area (Å²) in [5.74, 6) is 3.57. The molecule has 2 fully saturated rings. The second kappa shape index (κ2) is 23.4. The first kappa shape index (κ1) is 59.5. The van der Waals surface area contributed by atoms with Crippen LogP contribution in [0.5, 0.6) is 11.5 Å². The van der Waals surface area contributed by atoms with E-state index in [1.807, 2.05) is 0 Å². The van der Waals surface area contributed by atoms with Crippen LogP contribution in [0.2, 0.25) is 0 Å². The van der Waals surface area contributed by atoms with Crippen LogP contribution in [0, 0.1) is 33.5 Å². The summed E-state index contributed by atoms with van der Waals surface area (Å²) in [6, 6.07) is 10.3. The first-order valence-corrected chi connectivity index (χ1v) is 28.4.